The third kappa shape index (κ3) is 4.13. The summed E-state index contributed by atoms with van der Waals surface area (Å²) in [6, 6.07) is 16.6. The maximum atomic E-state index is 12.7. The summed E-state index contributed by atoms with van der Waals surface area (Å²) in [4.78, 5) is 17.9. The van der Waals surface area contributed by atoms with Gasteiger partial charge in [0, 0.05) is 49.8 Å². The number of aromatic nitrogens is 1. The molecule has 0 amide bonds. The number of benzene rings is 2. The summed E-state index contributed by atoms with van der Waals surface area (Å²) >= 11 is 0. The van der Waals surface area contributed by atoms with Crippen LogP contribution in [0, 0.1) is 6.92 Å². The summed E-state index contributed by atoms with van der Waals surface area (Å²) in [5, 5.41) is 10.6. The molecule has 1 aliphatic carbocycles. The van der Waals surface area contributed by atoms with E-state index in [1.54, 1.807) is 0 Å². The number of aromatic amines is 1. The van der Waals surface area contributed by atoms with Crippen molar-refractivity contribution in [2.24, 2.45) is 0 Å². The SMILES string of the molecule is Cc1ccc(-c2cc(Cc3ccc(N(C)C)cc3C3CCCCC3=O)c(O)[nH]2)cc1. The van der Waals surface area contributed by atoms with E-state index in [2.05, 4.69) is 59.3 Å². The monoisotopic (exact) mass is 402 g/mol. The Kier molecular flexibility index (Phi) is 5.67. The van der Waals surface area contributed by atoms with Gasteiger partial charge in [-0.05, 0) is 54.7 Å². The van der Waals surface area contributed by atoms with Crippen molar-refractivity contribution in [3.63, 3.8) is 0 Å². The largest absolute Gasteiger partial charge is 0.494 e. The molecule has 1 aliphatic rings. The Hall–Kier alpha value is -3.01. The van der Waals surface area contributed by atoms with Gasteiger partial charge in [-0.15, -0.1) is 0 Å². The smallest absolute Gasteiger partial charge is 0.192 e. The van der Waals surface area contributed by atoms with Crippen LogP contribution in [0.2, 0.25) is 0 Å². The van der Waals surface area contributed by atoms with Crippen molar-refractivity contribution in [2.45, 2.75) is 44.9 Å². The summed E-state index contributed by atoms with van der Waals surface area (Å²) in [5.74, 6) is 0.506. The van der Waals surface area contributed by atoms with Crippen molar-refractivity contribution in [1.82, 2.24) is 4.98 Å². The summed E-state index contributed by atoms with van der Waals surface area (Å²) in [6.07, 6.45) is 4.27. The molecule has 1 aromatic heterocycles. The molecule has 0 aliphatic heterocycles. The zero-order valence-corrected chi connectivity index (χ0v) is 18.0. The van der Waals surface area contributed by atoms with Gasteiger partial charge < -0.3 is 15.0 Å². The van der Waals surface area contributed by atoms with E-state index < -0.39 is 0 Å². The lowest BCUT2D eigenvalue weighted by Crippen LogP contribution is -2.19. The van der Waals surface area contributed by atoms with Gasteiger partial charge in [0.05, 0.1) is 0 Å². The Morgan fingerprint density at radius 3 is 2.50 bits per heavy atom. The maximum Gasteiger partial charge on any atom is 0.192 e. The maximum absolute atomic E-state index is 12.7. The predicted molar refractivity (Wildman–Crippen MR) is 122 cm³/mol. The molecule has 0 spiro atoms. The molecule has 4 rings (SSSR count). The van der Waals surface area contributed by atoms with Crippen LogP contribution in [-0.4, -0.2) is 30.0 Å². The van der Waals surface area contributed by atoms with Crippen LogP contribution in [0.15, 0.2) is 48.5 Å². The molecule has 1 atom stereocenters. The highest BCUT2D eigenvalue weighted by Crippen LogP contribution is 2.36. The Morgan fingerprint density at radius 1 is 1.03 bits per heavy atom. The zero-order chi connectivity index (χ0) is 21.3. The first kappa shape index (κ1) is 20.3. The summed E-state index contributed by atoms with van der Waals surface area (Å²) in [6.45, 7) is 2.06. The fourth-order valence-electron chi connectivity index (χ4n) is 4.37. The van der Waals surface area contributed by atoms with E-state index >= 15 is 0 Å². The minimum atomic E-state index is -0.0358. The molecule has 1 saturated carbocycles. The van der Waals surface area contributed by atoms with Gasteiger partial charge >= 0.3 is 0 Å². The number of carbonyl (C=O) groups is 1. The Balaban J connectivity index is 1.69. The van der Waals surface area contributed by atoms with Crippen LogP contribution in [0.5, 0.6) is 5.88 Å². The molecule has 4 heteroatoms. The number of rotatable bonds is 5. The molecule has 0 saturated heterocycles. The number of aromatic hydroxyl groups is 1. The molecular weight excluding hydrogens is 372 g/mol. The molecule has 2 aromatic carbocycles. The van der Waals surface area contributed by atoms with E-state index in [4.69, 9.17) is 0 Å². The first-order chi connectivity index (χ1) is 14.4. The van der Waals surface area contributed by atoms with Gasteiger partial charge in [0.25, 0.3) is 0 Å². The lowest BCUT2D eigenvalue weighted by Gasteiger charge is -2.25. The lowest BCUT2D eigenvalue weighted by molar-refractivity contribution is -0.121. The number of carbonyl (C=O) groups excluding carboxylic acids is 1. The molecule has 1 fully saturated rings. The van der Waals surface area contributed by atoms with Crippen LogP contribution < -0.4 is 4.90 Å². The molecular formula is C26H30N2O2. The highest BCUT2D eigenvalue weighted by Gasteiger charge is 2.27. The fourth-order valence-corrected chi connectivity index (χ4v) is 4.37. The Morgan fingerprint density at radius 2 is 1.80 bits per heavy atom. The number of anilines is 1. The highest BCUT2D eigenvalue weighted by molar-refractivity contribution is 5.87. The quantitative estimate of drug-likeness (QED) is 0.586. The highest BCUT2D eigenvalue weighted by atomic mass is 16.3. The Bertz CT molecular complexity index is 1050. The number of ketones is 1. The normalized spacial score (nSPS) is 16.6. The second kappa shape index (κ2) is 8.39. The van der Waals surface area contributed by atoms with Crippen LogP contribution in [0.25, 0.3) is 11.3 Å². The van der Waals surface area contributed by atoms with Gasteiger partial charge in [0.15, 0.2) is 5.88 Å². The second-order valence-electron chi connectivity index (χ2n) is 8.64. The molecule has 4 nitrogen and oxygen atoms in total. The third-order valence-electron chi connectivity index (χ3n) is 6.20. The summed E-state index contributed by atoms with van der Waals surface area (Å²) in [7, 11) is 4.04. The van der Waals surface area contributed by atoms with Gasteiger partial charge in [-0.25, -0.2) is 0 Å². The summed E-state index contributed by atoms with van der Waals surface area (Å²) < 4.78 is 0. The van der Waals surface area contributed by atoms with Crippen LogP contribution in [-0.2, 0) is 11.2 Å². The Labute approximate surface area is 178 Å². The van der Waals surface area contributed by atoms with Crippen LogP contribution in [0.1, 0.15) is 53.9 Å². The third-order valence-corrected chi connectivity index (χ3v) is 6.20. The number of nitrogens with zero attached hydrogens (tertiary/aromatic N) is 1. The molecule has 2 N–H and O–H groups in total. The molecule has 0 bridgehead atoms. The van der Waals surface area contributed by atoms with E-state index in [0.717, 1.165) is 52.9 Å². The number of nitrogens with one attached hydrogen (secondary N) is 1. The van der Waals surface area contributed by atoms with Crippen molar-refractivity contribution >= 4 is 11.5 Å². The first-order valence-electron chi connectivity index (χ1n) is 10.7. The number of Topliss-reactive ketones (excluding diaryl/α,β-unsaturated/α-hetero) is 1. The van der Waals surface area contributed by atoms with Gasteiger partial charge in [-0.1, -0.05) is 42.3 Å². The van der Waals surface area contributed by atoms with E-state index in [0.29, 0.717) is 18.6 Å². The van der Waals surface area contributed by atoms with E-state index in [1.165, 1.54) is 5.56 Å². The summed E-state index contributed by atoms with van der Waals surface area (Å²) in [5.41, 5.74) is 7.35. The number of hydrogen-bond acceptors (Lipinski definition) is 3. The van der Waals surface area contributed by atoms with Crippen molar-refractivity contribution in [1.29, 1.82) is 0 Å². The van der Waals surface area contributed by atoms with Crippen molar-refractivity contribution < 1.29 is 9.90 Å². The van der Waals surface area contributed by atoms with E-state index in [1.807, 2.05) is 20.2 Å². The number of hydrogen-bond donors (Lipinski definition) is 2. The van der Waals surface area contributed by atoms with Gasteiger partial charge in [-0.3, -0.25) is 4.79 Å². The van der Waals surface area contributed by atoms with Crippen molar-refractivity contribution in [3.8, 4) is 17.1 Å². The van der Waals surface area contributed by atoms with Crippen LogP contribution >= 0.6 is 0 Å². The minimum absolute atomic E-state index is 0.0358. The fraction of sp³-hybridized carbons (Fsp3) is 0.346. The topological polar surface area (TPSA) is 56.3 Å². The number of H-pyrrole nitrogens is 1. The minimum Gasteiger partial charge on any atom is -0.494 e. The molecule has 3 aromatic rings. The standard InChI is InChI=1S/C26H30N2O2/c1-17-8-10-18(11-9-17)24-15-20(26(30)27-24)14-19-12-13-21(28(2)3)16-23(19)22-6-4-5-7-25(22)29/h8-13,15-16,22,27,30H,4-7,14H2,1-3H3. The van der Waals surface area contributed by atoms with Gasteiger partial charge in [0.1, 0.15) is 5.78 Å². The second-order valence-corrected chi connectivity index (χ2v) is 8.64. The molecule has 0 radical (unpaired) electrons. The van der Waals surface area contributed by atoms with Crippen LogP contribution in [0.3, 0.4) is 0 Å². The zero-order valence-electron chi connectivity index (χ0n) is 18.0. The number of aryl methyl sites for hydroxylation is 1. The first-order valence-corrected chi connectivity index (χ1v) is 10.7. The van der Waals surface area contributed by atoms with E-state index in [-0.39, 0.29) is 11.8 Å². The molecule has 1 heterocycles. The van der Waals surface area contributed by atoms with Crippen molar-refractivity contribution in [2.75, 3.05) is 19.0 Å². The van der Waals surface area contributed by atoms with Gasteiger partial charge in [0.2, 0.25) is 0 Å². The van der Waals surface area contributed by atoms with Crippen molar-refractivity contribution in [3.05, 3.63) is 70.8 Å². The molecule has 30 heavy (non-hydrogen) atoms. The average Bonchev–Trinajstić information content (AvgIpc) is 3.09. The van der Waals surface area contributed by atoms with Crippen LogP contribution in [0.4, 0.5) is 5.69 Å². The van der Waals surface area contributed by atoms with Gasteiger partial charge in [-0.2, -0.15) is 0 Å². The molecule has 1 unspecified atom stereocenters. The predicted octanol–water partition coefficient (Wildman–Crippen LogP) is 5.58. The van der Waals surface area contributed by atoms with E-state index in [9.17, 15) is 9.90 Å². The lowest BCUT2D eigenvalue weighted by atomic mass is 9.80. The molecule has 156 valence electrons. The average molecular weight is 403 g/mol.